The van der Waals surface area contributed by atoms with E-state index in [-0.39, 0.29) is 12.1 Å². The normalized spacial score (nSPS) is 16.5. The summed E-state index contributed by atoms with van der Waals surface area (Å²) in [7, 11) is 0. The Labute approximate surface area is 150 Å². The Kier molecular flexibility index (Phi) is 5.46. The van der Waals surface area contributed by atoms with Gasteiger partial charge >= 0.3 is 6.03 Å². The zero-order valence-corrected chi connectivity index (χ0v) is 14.7. The van der Waals surface area contributed by atoms with E-state index in [9.17, 15) is 13.6 Å². The maximum absolute atomic E-state index is 13.3. The summed E-state index contributed by atoms with van der Waals surface area (Å²) in [6.07, 6.45) is 0. The first-order valence-electron chi connectivity index (χ1n) is 8.44. The fraction of sp³-hybridized carbons (Fsp3) is 0.471. The average Bonchev–Trinajstić information content (AvgIpc) is 3.05. The minimum atomic E-state index is -0.846. The van der Waals surface area contributed by atoms with Crippen LogP contribution in [0, 0.1) is 18.6 Å². The predicted molar refractivity (Wildman–Crippen MR) is 89.2 cm³/mol. The van der Waals surface area contributed by atoms with Crippen molar-refractivity contribution in [2.24, 2.45) is 0 Å². The van der Waals surface area contributed by atoms with Gasteiger partial charge in [0.2, 0.25) is 5.89 Å². The molecule has 0 bridgehead atoms. The van der Waals surface area contributed by atoms with Gasteiger partial charge in [-0.25, -0.2) is 13.6 Å². The highest BCUT2D eigenvalue weighted by Crippen LogP contribution is 2.14. The first kappa shape index (κ1) is 18.2. The maximum Gasteiger partial charge on any atom is 0.318 e. The van der Waals surface area contributed by atoms with Crippen LogP contribution in [-0.4, -0.2) is 52.2 Å². The molecule has 1 aromatic heterocycles. The van der Waals surface area contributed by atoms with Crippen LogP contribution in [0.15, 0.2) is 22.7 Å². The summed E-state index contributed by atoms with van der Waals surface area (Å²) in [5.41, 5.74) is 0.710. The second kappa shape index (κ2) is 7.77. The van der Waals surface area contributed by atoms with Crippen LogP contribution in [0.4, 0.5) is 13.6 Å². The molecule has 0 saturated carbocycles. The van der Waals surface area contributed by atoms with Crippen molar-refractivity contribution in [3.8, 4) is 0 Å². The Balaban J connectivity index is 1.48. The molecule has 1 N–H and O–H groups in total. The van der Waals surface area contributed by atoms with Crippen molar-refractivity contribution < 1.29 is 18.1 Å². The monoisotopic (exact) mass is 365 g/mol. The van der Waals surface area contributed by atoms with E-state index in [0.717, 1.165) is 6.07 Å². The molecule has 3 rings (SSSR count). The van der Waals surface area contributed by atoms with Gasteiger partial charge in [-0.1, -0.05) is 11.2 Å². The summed E-state index contributed by atoms with van der Waals surface area (Å²) in [4.78, 5) is 20.3. The first-order valence-corrected chi connectivity index (χ1v) is 8.44. The number of aromatic nitrogens is 2. The highest BCUT2D eigenvalue weighted by Gasteiger charge is 2.24. The van der Waals surface area contributed by atoms with E-state index >= 15 is 0 Å². The Morgan fingerprint density at radius 3 is 2.62 bits per heavy atom. The minimum absolute atomic E-state index is 0.194. The summed E-state index contributed by atoms with van der Waals surface area (Å²) in [5.74, 6) is -0.800. The molecule has 9 heteroatoms. The van der Waals surface area contributed by atoms with Gasteiger partial charge in [0, 0.05) is 32.7 Å². The van der Waals surface area contributed by atoms with Crippen molar-refractivity contribution in [2.75, 3.05) is 26.2 Å². The molecule has 0 aliphatic carbocycles. The average molecular weight is 365 g/mol. The molecule has 2 amide bonds. The lowest BCUT2D eigenvalue weighted by Crippen LogP contribution is -2.51. The van der Waals surface area contributed by atoms with Crippen molar-refractivity contribution in [1.29, 1.82) is 0 Å². The Morgan fingerprint density at radius 2 is 2.00 bits per heavy atom. The molecule has 1 aliphatic rings. The number of amides is 2. The number of nitrogens with zero attached hydrogens (tertiary/aromatic N) is 4. The minimum Gasteiger partial charge on any atom is -0.337 e. The van der Waals surface area contributed by atoms with E-state index in [2.05, 4.69) is 20.4 Å². The highest BCUT2D eigenvalue weighted by molar-refractivity contribution is 5.74. The highest BCUT2D eigenvalue weighted by atomic mass is 19.2. The number of benzene rings is 1. The van der Waals surface area contributed by atoms with Gasteiger partial charge in [0.25, 0.3) is 0 Å². The molecule has 0 radical (unpaired) electrons. The van der Waals surface area contributed by atoms with Gasteiger partial charge in [-0.15, -0.1) is 0 Å². The van der Waals surface area contributed by atoms with Crippen molar-refractivity contribution in [1.82, 2.24) is 25.3 Å². The van der Waals surface area contributed by atoms with Gasteiger partial charge in [-0.05, 0) is 31.5 Å². The molecular weight excluding hydrogens is 344 g/mol. The number of hydrogen-bond donors (Lipinski definition) is 1. The number of rotatable bonds is 4. The lowest BCUT2D eigenvalue weighted by molar-refractivity contribution is 0.132. The molecule has 2 heterocycles. The summed E-state index contributed by atoms with van der Waals surface area (Å²) < 4.78 is 31.3. The Bertz CT molecular complexity index is 774. The zero-order valence-electron chi connectivity index (χ0n) is 14.7. The van der Waals surface area contributed by atoms with E-state index < -0.39 is 11.6 Å². The number of carbonyl (C=O) groups is 1. The summed E-state index contributed by atoms with van der Waals surface area (Å²) >= 11 is 0. The van der Waals surface area contributed by atoms with Crippen molar-refractivity contribution in [2.45, 2.75) is 26.4 Å². The molecule has 2 aromatic rings. The van der Waals surface area contributed by atoms with Crippen LogP contribution in [0.2, 0.25) is 0 Å². The zero-order chi connectivity index (χ0) is 18.7. The van der Waals surface area contributed by atoms with Crippen LogP contribution in [0.3, 0.4) is 0 Å². The van der Waals surface area contributed by atoms with Crippen molar-refractivity contribution >= 4 is 6.03 Å². The standard InChI is InChI=1S/C17H21F2N5O2/c1-11(16-21-12(2)22-26-16)20-17(25)24-7-5-23(6-8-24)10-13-3-4-14(18)15(19)9-13/h3-4,9,11H,5-8,10H2,1-2H3,(H,20,25). The van der Waals surface area contributed by atoms with Crippen molar-refractivity contribution in [3.05, 3.63) is 47.1 Å². The number of hydrogen-bond acceptors (Lipinski definition) is 5. The molecular formula is C17H21F2N5O2. The molecule has 140 valence electrons. The third-order valence-electron chi connectivity index (χ3n) is 4.30. The van der Waals surface area contributed by atoms with Gasteiger partial charge < -0.3 is 14.7 Å². The largest absolute Gasteiger partial charge is 0.337 e. The number of halogens is 2. The smallest absolute Gasteiger partial charge is 0.318 e. The van der Waals surface area contributed by atoms with Gasteiger partial charge in [-0.3, -0.25) is 4.90 Å². The van der Waals surface area contributed by atoms with E-state index in [1.807, 2.05) is 0 Å². The second-order valence-electron chi connectivity index (χ2n) is 6.36. The van der Waals surface area contributed by atoms with Crippen LogP contribution >= 0.6 is 0 Å². The van der Waals surface area contributed by atoms with E-state index in [0.29, 0.717) is 50.0 Å². The SMILES string of the molecule is Cc1noc(C(C)NC(=O)N2CCN(Cc3ccc(F)c(F)c3)CC2)n1. The van der Waals surface area contributed by atoms with E-state index in [1.54, 1.807) is 24.8 Å². The molecule has 1 fully saturated rings. The molecule has 26 heavy (non-hydrogen) atoms. The second-order valence-corrected chi connectivity index (χ2v) is 6.36. The fourth-order valence-corrected chi connectivity index (χ4v) is 2.83. The topological polar surface area (TPSA) is 74.5 Å². The number of aryl methyl sites for hydroxylation is 1. The maximum atomic E-state index is 13.3. The summed E-state index contributed by atoms with van der Waals surface area (Å²) in [5, 5.41) is 6.55. The van der Waals surface area contributed by atoms with Gasteiger partial charge in [0.1, 0.15) is 6.04 Å². The molecule has 7 nitrogen and oxygen atoms in total. The molecule has 1 unspecified atom stereocenters. The van der Waals surface area contributed by atoms with Crippen molar-refractivity contribution in [3.63, 3.8) is 0 Å². The quantitative estimate of drug-likeness (QED) is 0.900. The molecule has 1 aliphatic heterocycles. The molecule has 1 atom stereocenters. The molecule has 1 aromatic carbocycles. The van der Waals surface area contributed by atoms with Gasteiger partial charge in [0.05, 0.1) is 0 Å². The number of nitrogens with one attached hydrogen (secondary N) is 1. The van der Waals surface area contributed by atoms with Gasteiger partial charge in [0.15, 0.2) is 17.5 Å². The first-order chi connectivity index (χ1) is 12.4. The molecule has 1 saturated heterocycles. The number of urea groups is 1. The third kappa shape index (κ3) is 4.34. The van der Waals surface area contributed by atoms with E-state index in [4.69, 9.17) is 4.52 Å². The third-order valence-corrected chi connectivity index (χ3v) is 4.30. The van der Waals surface area contributed by atoms with Crippen LogP contribution in [0.5, 0.6) is 0 Å². The van der Waals surface area contributed by atoms with E-state index in [1.165, 1.54) is 6.07 Å². The molecule has 0 spiro atoms. The number of piperazine rings is 1. The number of carbonyl (C=O) groups excluding carboxylic acids is 1. The van der Waals surface area contributed by atoms with Gasteiger partial charge in [-0.2, -0.15) is 4.98 Å². The van der Waals surface area contributed by atoms with Crippen LogP contribution < -0.4 is 5.32 Å². The Morgan fingerprint density at radius 1 is 1.27 bits per heavy atom. The van der Waals surface area contributed by atoms with Crippen LogP contribution in [-0.2, 0) is 6.54 Å². The lowest BCUT2D eigenvalue weighted by atomic mass is 10.2. The summed E-state index contributed by atoms with van der Waals surface area (Å²) in [6.45, 7) is 6.42. The lowest BCUT2D eigenvalue weighted by Gasteiger charge is -2.35. The van der Waals surface area contributed by atoms with Crippen LogP contribution in [0.25, 0.3) is 0 Å². The Hall–Kier alpha value is -2.55. The van der Waals surface area contributed by atoms with Crippen LogP contribution in [0.1, 0.15) is 30.2 Å². The summed E-state index contributed by atoms with van der Waals surface area (Å²) in [6, 6.07) is 3.35. The predicted octanol–water partition coefficient (Wildman–Crippen LogP) is 2.24. The fourth-order valence-electron chi connectivity index (χ4n) is 2.83.